The summed E-state index contributed by atoms with van der Waals surface area (Å²) in [6.45, 7) is 4.35. The second-order valence-electron chi connectivity index (χ2n) is 3.16. The van der Waals surface area contributed by atoms with E-state index in [-0.39, 0.29) is 0 Å². The minimum atomic E-state index is 1.16. The Hall–Kier alpha value is -0.980. The highest BCUT2D eigenvalue weighted by Crippen LogP contribution is 2.17. The summed E-state index contributed by atoms with van der Waals surface area (Å²) in [4.78, 5) is 0. The van der Waals surface area contributed by atoms with Crippen molar-refractivity contribution in [1.29, 1.82) is 0 Å². The molecule has 0 spiro atoms. The lowest BCUT2D eigenvalue weighted by Crippen LogP contribution is -1.95. The van der Waals surface area contributed by atoms with Crippen LogP contribution in [-0.2, 0) is 6.42 Å². The third-order valence-electron chi connectivity index (χ3n) is 2.05. The summed E-state index contributed by atoms with van der Waals surface area (Å²) < 4.78 is 0. The van der Waals surface area contributed by atoms with Gasteiger partial charge in [0.05, 0.1) is 0 Å². The van der Waals surface area contributed by atoms with E-state index in [1.807, 2.05) is 7.05 Å². The van der Waals surface area contributed by atoms with Crippen LogP contribution in [0.2, 0.25) is 0 Å². The maximum Gasteiger partial charge on any atom is 0.0370 e. The van der Waals surface area contributed by atoms with Gasteiger partial charge in [0.2, 0.25) is 0 Å². The Balaban J connectivity index is 2.95. The van der Waals surface area contributed by atoms with Gasteiger partial charge in [-0.2, -0.15) is 0 Å². The molecule has 0 aliphatic carbocycles. The van der Waals surface area contributed by atoms with Gasteiger partial charge >= 0.3 is 0 Å². The van der Waals surface area contributed by atoms with Crippen molar-refractivity contribution in [3.05, 3.63) is 29.3 Å². The van der Waals surface area contributed by atoms with Crippen molar-refractivity contribution in [2.45, 2.75) is 26.7 Å². The van der Waals surface area contributed by atoms with Gasteiger partial charge in [0.1, 0.15) is 0 Å². The Kier molecular flexibility index (Phi) is 3.15. The van der Waals surface area contributed by atoms with Gasteiger partial charge in [-0.3, -0.25) is 0 Å². The number of rotatable bonds is 3. The molecule has 1 N–H and O–H groups in total. The first kappa shape index (κ1) is 9.11. The molecule has 0 amide bonds. The van der Waals surface area contributed by atoms with Crippen LogP contribution in [0.15, 0.2) is 18.2 Å². The summed E-state index contributed by atoms with van der Waals surface area (Å²) in [5.41, 5.74) is 4.04. The van der Waals surface area contributed by atoms with Crippen molar-refractivity contribution in [2.75, 3.05) is 12.4 Å². The molecule has 0 atom stereocenters. The molecule has 0 bridgehead atoms. The Morgan fingerprint density at radius 2 is 2.08 bits per heavy atom. The number of anilines is 1. The summed E-state index contributed by atoms with van der Waals surface area (Å²) >= 11 is 0. The van der Waals surface area contributed by atoms with E-state index < -0.39 is 0 Å². The van der Waals surface area contributed by atoms with Crippen LogP contribution in [0.1, 0.15) is 24.5 Å². The maximum absolute atomic E-state index is 3.21. The molecule has 1 heteroatoms. The van der Waals surface area contributed by atoms with Crippen molar-refractivity contribution in [2.24, 2.45) is 0 Å². The first-order valence-electron chi connectivity index (χ1n) is 4.55. The standard InChI is InChI=1S/C11H17N/c1-4-5-10-8-9(2)6-7-11(10)12-3/h6-8,12H,4-5H2,1-3H3. The predicted octanol–water partition coefficient (Wildman–Crippen LogP) is 2.99. The van der Waals surface area contributed by atoms with Crippen LogP contribution >= 0.6 is 0 Å². The quantitative estimate of drug-likeness (QED) is 0.722. The highest BCUT2D eigenvalue weighted by atomic mass is 14.8. The molecule has 0 aliphatic rings. The van der Waals surface area contributed by atoms with Gasteiger partial charge in [0.25, 0.3) is 0 Å². The van der Waals surface area contributed by atoms with Gasteiger partial charge < -0.3 is 5.32 Å². The molecule has 0 radical (unpaired) electrons. The molecule has 66 valence electrons. The molecule has 0 saturated carbocycles. The molecule has 0 aliphatic heterocycles. The fourth-order valence-corrected chi connectivity index (χ4v) is 1.44. The van der Waals surface area contributed by atoms with E-state index in [1.165, 1.54) is 23.2 Å². The molecule has 1 rings (SSSR count). The lowest BCUT2D eigenvalue weighted by molar-refractivity contribution is 0.921. The largest absolute Gasteiger partial charge is 0.388 e. The van der Waals surface area contributed by atoms with Gasteiger partial charge in [-0.25, -0.2) is 0 Å². The number of benzene rings is 1. The van der Waals surface area contributed by atoms with Gasteiger partial charge in [0.15, 0.2) is 0 Å². The molecule has 0 saturated heterocycles. The van der Waals surface area contributed by atoms with Gasteiger partial charge in [0, 0.05) is 12.7 Å². The van der Waals surface area contributed by atoms with Gasteiger partial charge in [-0.15, -0.1) is 0 Å². The van der Waals surface area contributed by atoms with Crippen LogP contribution in [0.5, 0.6) is 0 Å². The Morgan fingerprint density at radius 3 is 2.67 bits per heavy atom. The Bertz CT molecular complexity index is 253. The SMILES string of the molecule is CCCc1cc(C)ccc1NC. The zero-order valence-electron chi connectivity index (χ0n) is 8.15. The number of hydrogen-bond donors (Lipinski definition) is 1. The smallest absolute Gasteiger partial charge is 0.0370 e. The minimum absolute atomic E-state index is 1.16. The number of nitrogens with one attached hydrogen (secondary N) is 1. The average molecular weight is 163 g/mol. The second kappa shape index (κ2) is 4.15. The van der Waals surface area contributed by atoms with Crippen LogP contribution in [0.25, 0.3) is 0 Å². The summed E-state index contributed by atoms with van der Waals surface area (Å²) in [6, 6.07) is 6.56. The highest BCUT2D eigenvalue weighted by Gasteiger charge is 1.98. The Morgan fingerprint density at radius 1 is 1.33 bits per heavy atom. The third-order valence-corrected chi connectivity index (χ3v) is 2.05. The molecular weight excluding hydrogens is 146 g/mol. The van der Waals surface area contributed by atoms with Crippen LogP contribution in [-0.4, -0.2) is 7.05 Å². The zero-order valence-corrected chi connectivity index (χ0v) is 8.15. The Labute approximate surface area is 74.8 Å². The average Bonchev–Trinajstić information content (AvgIpc) is 2.05. The summed E-state index contributed by atoms with van der Waals surface area (Å²) in [5, 5.41) is 3.21. The summed E-state index contributed by atoms with van der Waals surface area (Å²) in [6.07, 6.45) is 2.37. The lowest BCUT2D eigenvalue weighted by Gasteiger charge is -2.08. The topological polar surface area (TPSA) is 12.0 Å². The first-order chi connectivity index (χ1) is 5.77. The first-order valence-corrected chi connectivity index (χ1v) is 4.55. The van der Waals surface area contributed by atoms with E-state index in [0.717, 1.165) is 6.42 Å². The van der Waals surface area contributed by atoms with E-state index >= 15 is 0 Å². The van der Waals surface area contributed by atoms with Gasteiger partial charge in [-0.1, -0.05) is 31.0 Å². The van der Waals surface area contributed by atoms with Crippen molar-refractivity contribution in [1.82, 2.24) is 0 Å². The maximum atomic E-state index is 3.21. The third kappa shape index (κ3) is 2.00. The molecule has 0 unspecified atom stereocenters. The van der Waals surface area contributed by atoms with Crippen LogP contribution < -0.4 is 5.32 Å². The number of hydrogen-bond acceptors (Lipinski definition) is 1. The molecule has 0 fully saturated rings. The van der Waals surface area contributed by atoms with Crippen LogP contribution in [0.3, 0.4) is 0 Å². The highest BCUT2D eigenvalue weighted by molar-refractivity contribution is 5.52. The monoisotopic (exact) mass is 163 g/mol. The minimum Gasteiger partial charge on any atom is -0.388 e. The van der Waals surface area contributed by atoms with E-state index in [4.69, 9.17) is 0 Å². The van der Waals surface area contributed by atoms with E-state index in [2.05, 4.69) is 37.4 Å². The zero-order chi connectivity index (χ0) is 8.97. The van der Waals surface area contributed by atoms with Crippen molar-refractivity contribution < 1.29 is 0 Å². The normalized spacial score (nSPS) is 9.92. The van der Waals surface area contributed by atoms with Crippen molar-refractivity contribution in [3.8, 4) is 0 Å². The van der Waals surface area contributed by atoms with Gasteiger partial charge in [-0.05, 0) is 25.0 Å². The predicted molar refractivity (Wildman–Crippen MR) is 54.7 cm³/mol. The van der Waals surface area contributed by atoms with E-state index in [1.54, 1.807) is 0 Å². The molecule has 1 aromatic carbocycles. The van der Waals surface area contributed by atoms with Crippen molar-refractivity contribution >= 4 is 5.69 Å². The fraction of sp³-hybridized carbons (Fsp3) is 0.455. The molecule has 0 aromatic heterocycles. The number of aryl methyl sites for hydroxylation is 2. The molecular formula is C11H17N. The summed E-state index contributed by atoms with van der Waals surface area (Å²) in [5.74, 6) is 0. The van der Waals surface area contributed by atoms with Crippen molar-refractivity contribution in [3.63, 3.8) is 0 Å². The van der Waals surface area contributed by atoms with E-state index in [0.29, 0.717) is 0 Å². The molecule has 0 heterocycles. The second-order valence-corrected chi connectivity index (χ2v) is 3.16. The van der Waals surface area contributed by atoms with Crippen LogP contribution in [0.4, 0.5) is 5.69 Å². The van der Waals surface area contributed by atoms with Crippen LogP contribution in [0, 0.1) is 6.92 Å². The lowest BCUT2D eigenvalue weighted by atomic mass is 10.1. The molecule has 1 aromatic rings. The molecule has 12 heavy (non-hydrogen) atoms. The fourth-order valence-electron chi connectivity index (χ4n) is 1.44. The summed E-state index contributed by atoms with van der Waals surface area (Å²) in [7, 11) is 1.98. The van der Waals surface area contributed by atoms with E-state index in [9.17, 15) is 0 Å². The molecule has 1 nitrogen and oxygen atoms in total.